The maximum absolute atomic E-state index is 12.1. The Morgan fingerprint density at radius 2 is 2.00 bits per heavy atom. The Morgan fingerprint density at radius 1 is 1.23 bits per heavy atom. The van der Waals surface area contributed by atoms with E-state index in [1.54, 1.807) is 0 Å². The van der Waals surface area contributed by atoms with Crippen molar-refractivity contribution >= 4 is 16.3 Å². The van der Waals surface area contributed by atoms with E-state index >= 15 is 0 Å². The minimum atomic E-state index is 0.0119. The number of rotatable bonds is 4. The van der Waals surface area contributed by atoms with Gasteiger partial charge in [-0.15, -0.1) is 0 Å². The second-order valence-corrected chi connectivity index (χ2v) is 6.13. The maximum atomic E-state index is 12.1. The van der Waals surface area contributed by atoms with Gasteiger partial charge in [0.1, 0.15) is 0 Å². The van der Waals surface area contributed by atoms with E-state index in [9.17, 15) is 4.79 Å². The molecular formula is C19H24N2O. The van der Waals surface area contributed by atoms with Crippen LogP contribution in [-0.2, 0) is 0 Å². The number of hydrogen-bond donors (Lipinski definition) is 1. The minimum absolute atomic E-state index is 0.0119. The number of unbranched alkanes of at least 4 members (excludes halogenated alkanes) is 1. The molecule has 116 valence electrons. The zero-order valence-electron chi connectivity index (χ0n) is 13.5. The van der Waals surface area contributed by atoms with Crippen LogP contribution in [-0.4, -0.2) is 29.5 Å². The van der Waals surface area contributed by atoms with Crippen LogP contribution in [0.15, 0.2) is 35.1 Å². The second-order valence-electron chi connectivity index (χ2n) is 6.13. The van der Waals surface area contributed by atoms with E-state index < -0.39 is 0 Å². The van der Waals surface area contributed by atoms with Gasteiger partial charge in [-0.2, -0.15) is 0 Å². The van der Waals surface area contributed by atoms with E-state index in [4.69, 9.17) is 0 Å². The summed E-state index contributed by atoms with van der Waals surface area (Å²) in [6.45, 7) is 7.56. The van der Waals surface area contributed by atoms with Gasteiger partial charge in [-0.05, 0) is 43.3 Å². The Bertz CT molecular complexity index is 758. The molecule has 0 aliphatic carbocycles. The molecule has 1 aliphatic rings. The topological polar surface area (TPSA) is 36.1 Å². The van der Waals surface area contributed by atoms with Crippen LogP contribution in [0.4, 0.5) is 0 Å². The maximum Gasteiger partial charge on any atom is 0.256 e. The number of aromatic nitrogens is 1. The first kappa shape index (κ1) is 15.0. The van der Waals surface area contributed by atoms with Gasteiger partial charge in [0.25, 0.3) is 5.56 Å². The summed E-state index contributed by atoms with van der Waals surface area (Å²) in [7, 11) is 0. The van der Waals surface area contributed by atoms with Crippen LogP contribution in [0.2, 0.25) is 0 Å². The predicted octanol–water partition coefficient (Wildman–Crippen LogP) is 3.73. The fraction of sp³-hybridized carbons (Fsp3) is 0.421. The standard InChI is InChI=1S/C19H24N2O/c1-3-4-11-21-12-9-15(10-13-21)18-14(2)20-19(22)17-8-6-5-7-16(17)18/h5-9H,3-4,10-13H2,1-2H3,(H,20,22). The van der Waals surface area contributed by atoms with Gasteiger partial charge in [-0.3, -0.25) is 9.69 Å². The summed E-state index contributed by atoms with van der Waals surface area (Å²) in [6, 6.07) is 7.92. The lowest BCUT2D eigenvalue weighted by Crippen LogP contribution is -2.29. The number of fused-ring (bicyclic) bond motifs is 1. The van der Waals surface area contributed by atoms with Crippen LogP contribution in [0.5, 0.6) is 0 Å². The van der Waals surface area contributed by atoms with Gasteiger partial charge < -0.3 is 4.98 Å². The van der Waals surface area contributed by atoms with Crippen molar-refractivity contribution < 1.29 is 0 Å². The van der Waals surface area contributed by atoms with Gasteiger partial charge in [-0.1, -0.05) is 37.6 Å². The van der Waals surface area contributed by atoms with Gasteiger partial charge in [-0.25, -0.2) is 0 Å². The number of hydrogen-bond acceptors (Lipinski definition) is 2. The normalized spacial score (nSPS) is 16.0. The number of aromatic amines is 1. The summed E-state index contributed by atoms with van der Waals surface area (Å²) in [4.78, 5) is 17.6. The molecule has 0 unspecified atom stereocenters. The van der Waals surface area contributed by atoms with Gasteiger partial charge in [0.05, 0.1) is 0 Å². The van der Waals surface area contributed by atoms with E-state index in [0.29, 0.717) is 0 Å². The van der Waals surface area contributed by atoms with E-state index in [0.717, 1.165) is 36.0 Å². The predicted molar refractivity (Wildman–Crippen MR) is 93.2 cm³/mol. The van der Waals surface area contributed by atoms with Crippen LogP contribution in [0.25, 0.3) is 16.3 Å². The van der Waals surface area contributed by atoms with Crippen molar-refractivity contribution in [2.75, 3.05) is 19.6 Å². The Kier molecular flexibility index (Phi) is 4.44. The van der Waals surface area contributed by atoms with Gasteiger partial charge >= 0.3 is 0 Å². The molecule has 3 heteroatoms. The van der Waals surface area contributed by atoms with Crippen molar-refractivity contribution in [1.29, 1.82) is 0 Å². The summed E-state index contributed by atoms with van der Waals surface area (Å²) in [5.74, 6) is 0. The van der Waals surface area contributed by atoms with Crippen LogP contribution >= 0.6 is 0 Å². The van der Waals surface area contributed by atoms with E-state index in [2.05, 4.69) is 29.0 Å². The number of aryl methyl sites for hydroxylation is 1. The zero-order chi connectivity index (χ0) is 15.5. The molecule has 3 nitrogen and oxygen atoms in total. The molecular weight excluding hydrogens is 272 g/mol. The SMILES string of the molecule is CCCCN1CC=C(c2c(C)[nH]c(=O)c3ccccc23)CC1. The summed E-state index contributed by atoms with van der Waals surface area (Å²) in [5, 5.41) is 1.87. The lowest BCUT2D eigenvalue weighted by molar-refractivity contribution is 0.297. The third-order valence-corrected chi connectivity index (χ3v) is 4.56. The summed E-state index contributed by atoms with van der Waals surface area (Å²) in [5.41, 5.74) is 3.60. The second kappa shape index (κ2) is 6.49. The van der Waals surface area contributed by atoms with Crippen LogP contribution in [0.3, 0.4) is 0 Å². The molecule has 1 aromatic carbocycles. The molecule has 0 spiro atoms. The number of nitrogens with zero attached hydrogens (tertiary/aromatic N) is 1. The molecule has 2 aromatic rings. The molecule has 0 saturated heterocycles. The number of benzene rings is 1. The first-order valence-electron chi connectivity index (χ1n) is 8.24. The molecule has 1 aliphatic heterocycles. The molecule has 0 saturated carbocycles. The summed E-state index contributed by atoms with van der Waals surface area (Å²) in [6.07, 6.45) is 5.91. The summed E-state index contributed by atoms with van der Waals surface area (Å²) >= 11 is 0. The van der Waals surface area contributed by atoms with Crippen molar-refractivity contribution in [3.8, 4) is 0 Å². The van der Waals surface area contributed by atoms with Crippen molar-refractivity contribution in [3.63, 3.8) is 0 Å². The van der Waals surface area contributed by atoms with Crippen molar-refractivity contribution in [3.05, 3.63) is 52.0 Å². The first-order chi connectivity index (χ1) is 10.7. The zero-order valence-corrected chi connectivity index (χ0v) is 13.5. The molecule has 1 N–H and O–H groups in total. The third kappa shape index (κ3) is 2.86. The quantitative estimate of drug-likeness (QED) is 0.933. The number of pyridine rings is 1. The summed E-state index contributed by atoms with van der Waals surface area (Å²) < 4.78 is 0. The lowest BCUT2D eigenvalue weighted by atomic mass is 9.93. The van der Waals surface area contributed by atoms with E-state index in [1.807, 2.05) is 25.1 Å². The van der Waals surface area contributed by atoms with E-state index in [-0.39, 0.29) is 5.56 Å². The Balaban J connectivity index is 1.98. The Hall–Kier alpha value is -1.87. The lowest BCUT2D eigenvalue weighted by Gasteiger charge is -2.27. The van der Waals surface area contributed by atoms with Crippen LogP contribution in [0.1, 0.15) is 37.4 Å². The Labute approximate surface area is 131 Å². The molecule has 0 atom stereocenters. The highest BCUT2D eigenvalue weighted by molar-refractivity contribution is 5.94. The highest BCUT2D eigenvalue weighted by atomic mass is 16.1. The van der Waals surface area contributed by atoms with Gasteiger partial charge in [0.2, 0.25) is 0 Å². The molecule has 2 heterocycles. The molecule has 3 rings (SSSR count). The molecule has 0 amide bonds. The average Bonchev–Trinajstić information content (AvgIpc) is 2.54. The smallest absolute Gasteiger partial charge is 0.256 e. The van der Waals surface area contributed by atoms with E-state index in [1.165, 1.54) is 30.5 Å². The largest absolute Gasteiger partial charge is 0.325 e. The highest BCUT2D eigenvalue weighted by Crippen LogP contribution is 2.29. The number of H-pyrrole nitrogens is 1. The molecule has 0 bridgehead atoms. The molecule has 1 aromatic heterocycles. The van der Waals surface area contributed by atoms with Crippen LogP contribution < -0.4 is 5.56 Å². The van der Waals surface area contributed by atoms with Crippen molar-refractivity contribution in [2.24, 2.45) is 0 Å². The fourth-order valence-corrected chi connectivity index (χ4v) is 3.34. The number of nitrogens with one attached hydrogen (secondary N) is 1. The molecule has 22 heavy (non-hydrogen) atoms. The van der Waals surface area contributed by atoms with Gasteiger partial charge in [0, 0.05) is 29.7 Å². The molecule has 0 fully saturated rings. The third-order valence-electron chi connectivity index (χ3n) is 4.56. The fourth-order valence-electron chi connectivity index (χ4n) is 3.34. The van der Waals surface area contributed by atoms with Crippen molar-refractivity contribution in [1.82, 2.24) is 9.88 Å². The van der Waals surface area contributed by atoms with Crippen LogP contribution in [0, 0.1) is 6.92 Å². The molecule has 0 radical (unpaired) electrons. The minimum Gasteiger partial charge on any atom is -0.325 e. The first-order valence-corrected chi connectivity index (χ1v) is 8.24. The average molecular weight is 296 g/mol. The van der Waals surface area contributed by atoms with Gasteiger partial charge in [0.15, 0.2) is 0 Å². The van der Waals surface area contributed by atoms with Crippen molar-refractivity contribution in [2.45, 2.75) is 33.1 Å². The monoisotopic (exact) mass is 296 g/mol. The highest BCUT2D eigenvalue weighted by Gasteiger charge is 2.17. The Morgan fingerprint density at radius 3 is 2.68 bits per heavy atom.